The monoisotopic (exact) mass is 336 g/mol. The quantitative estimate of drug-likeness (QED) is 0.160. The van der Waals surface area contributed by atoms with Crippen molar-refractivity contribution < 1.29 is 60.6 Å². The van der Waals surface area contributed by atoms with E-state index in [-0.39, 0.29) is 40.6 Å². The van der Waals surface area contributed by atoms with Crippen molar-refractivity contribution in [3.05, 3.63) is 0 Å². The first-order valence-corrected chi connectivity index (χ1v) is 7.04. The molecule has 0 heterocycles. The van der Waals surface area contributed by atoms with Crippen molar-refractivity contribution >= 4 is 61.2 Å². The Kier molecular flexibility index (Phi) is 17.2. The van der Waals surface area contributed by atoms with Gasteiger partial charge in [-0.3, -0.25) is 0 Å². The second-order valence-corrected chi connectivity index (χ2v) is 4.62. The summed E-state index contributed by atoms with van der Waals surface area (Å²) in [5.74, 6) is 0. The maximum absolute atomic E-state index is 8.88. The van der Waals surface area contributed by atoms with Crippen LogP contribution in [0.4, 0.5) is 0 Å². The first-order valence-electron chi connectivity index (χ1n) is 2.35. The molecule has 0 rings (SSSR count). The molecular formula is H11CaO12P3. The van der Waals surface area contributed by atoms with Crippen molar-refractivity contribution in [2.45, 2.75) is 0 Å². The summed E-state index contributed by atoms with van der Waals surface area (Å²) >= 11 is 0. The second-order valence-electron chi connectivity index (χ2n) is 1.54. The molecule has 0 spiro atoms. The van der Waals surface area contributed by atoms with Crippen LogP contribution in [0.1, 0.15) is 2.85 Å². The van der Waals surface area contributed by atoms with Crippen molar-refractivity contribution in [2.24, 2.45) is 0 Å². The Morgan fingerprint density at radius 1 is 0.500 bits per heavy atom. The summed E-state index contributed by atoms with van der Waals surface area (Å²) in [6, 6.07) is 0. The third kappa shape index (κ3) is 1310. The van der Waals surface area contributed by atoms with Crippen LogP contribution in [0.3, 0.4) is 0 Å². The molecule has 0 fully saturated rings. The SMILES string of the molecule is O=P(O)(O)O.O=P(O)(O)O.O=P(O)(O)O.[Ca+2].[H-].[H-]. The minimum atomic E-state index is -4.64. The molecule has 0 aromatic rings. The van der Waals surface area contributed by atoms with Crippen LogP contribution < -0.4 is 0 Å². The van der Waals surface area contributed by atoms with Gasteiger partial charge in [-0.2, -0.15) is 0 Å². The summed E-state index contributed by atoms with van der Waals surface area (Å²) in [4.78, 5) is 64.7. The first-order chi connectivity index (χ1) is 6.00. The Hall–Kier alpha value is 1.59. The fraction of sp³-hybridized carbons (Fsp3) is 0. The predicted molar refractivity (Wildman–Crippen MR) is 50.8 cm³/mol. The Morgan fingerprint density at radius 3 is 0.500 bits per heavy atom. The Labute approximate surface area is 121 Å². The number of rotatable bonds is 0. The molecule has 0 aliphatic heterocycles. The maximum atomic E-state index is 8.88. The van der Waals surface area contributed by atoms with Gasteiger partial charge in [-0.15, -0.1) is 0 Å². The molecule has 0 unspecified atom stereocenters. The molecule has 100 valence electrons. The summed E-state index contributed by atoms with van der Waals surface area (Å²) in [6.45, 7) is 0. The normalized spacial score (nSPS) is 11.1. The van der Waals surface area contributed by atoms with Crippen molar-refractivity contribution in [2.75, 3.05) is 0 Å². The summed E-state index contributed by atoms with van der Waals surface area (Å²) in [5, 5.41) is 0. The molecule has 0 amide bonds. The largest absolute Gasteiger partial charge is 2.00 e. The van der Waals surface area contributed by atoms with Crippen molar-refractivity contribution in [3.8, 4) is 0 Å². The fourth-order valence-electron chi connectivity index (χ4n) is 0. The minimum absolute atomic E-state index is 0. The van der Waals surface area contributed by atoms with Gasteiger partial charge in [0.25, 0.3) is 0 Å². The van der Waals surface area contributed by atoms with Gasteiger partial charge in [0.2, 0.25) is 0 Å². The van der Waals surface area contributed by atoms with Gasteiger partial charge < -0.3 is 46.9 Å². The number of hydrogen-bond donors (Lipinski definition) is 9. The molecule has 0 aromatic heterocycles. The minimum Gasteiger partial charge on any atom is -1.00 e. The zero-order valence-electron chi connectivity index (χ0n) is 9.30. The van der Waals surface area contributed by atoms with Gasteiger partial charge >= 0.3 is 61.2 Å². The average Bonchev–Trinajstić information content (AvgIpc) is 1.41. The summed E-state index contributed by atoms with van der Waals surface area (Å²) in [6.07, 6.45) is 0. The van der Waals surface area contributed by atoms with Gasteiger partial charge in [-0.1, -0.05) is 0 Å². The molecule has 0 saturated heterocycles. The standard InChI is InChI=1S/Ca.3H3O4P.2H/c;3*1-5(2,3)4;;/h;3*(H3,1,2,3,4);;/q+2;;;;2*-1. The van der Waals surface area contributed by atoms with E-state index in [0.717, 1.165) is 0 Å². The number of phosphoric acid groups is 3. The van der Waals surface area contributed by atoms with Gasteiger partial charge in [-0.25, -0.2) is 13.7 Å². The van der Waals surface area contributed by atoms with E-state index in [4.69, 9.17) is 57.7 Å². The van der Waals surface area contributed by atoms with E-state index in [1.54, 1.807) is 0 Å². The molecule has 0 aliphatic rings. The zero-order chi connectivity index (χ0) is 13.5. The second kappa shape index (κ2) is 10.5. The average molecular weight is 336 g/mol. The molecule has 16 heteroatoms. The van der Waals surface area contributed by atoms with E-state index in [1.807, 2.05) is 0 Å². The molecular weight excluding hydrogens is 325 g/mol. The van der Waals surface area contributed by atoms with Gasteiger partial charge in [0, 0.05) is 0 Å². The first kappa shape index (κ1) is 26.2. The summed E-state index contributed by atoms with van der Waals surface area (Å²) in [5.41, 5.74) is 0. The maximum Gasteiger partial charge on any atom is 2.00 e. The van der Waals surface area contributed by atoms with Gasteiger partial charge in [-0.05, 0) is 0 Å². The van der Waals surface area contributed by atoms with Gasteiger partial charge in [0.15, 0.2) is 0 Å². The van der Waals surface area contributed by atoms with Crippen LogP contribution in [0.25, 0.3) is 0 Å². The molecule has 0 bridgehead atoms. The molecule has 0 radical (unpaired) electrons. The molecule has 9 N–H and O–H groups in total. The predicted octanol–water partition coefficient (Wildman–Crippen LogP) is -2.94. The topological polar surface area (TPSA) is 233 Å². The van der Waals surface area contributed by atoms with E-state index in [1.165, 1.54) is 0 Å². The van der Waals surface area contributed by atoms with Crippen LogP contribution in [0.2, 0.25) is 0 Å². The Balaban J connectivity index is -0.0000000277. The fourth-order valence-corrected chi connectivity index (χ4v) is 0. The van der Waals surface area contributed by atoms with E-state index in [0.29, 0.717) is 0 Å². The Bertz CT molecular complexity index is 211. The van der Waals surface area contributed by atoms with Crippen LogP contribution in [0.5, 0.6) is 0 Å². The van der Waals surface area contributed by atoms with Crippen LogP contribution in [0, 0.1) is 0 Å². The van der Waals surface area contributed by atoms with Crippen LogP contribution in [-0.4, -0.2) is 81.8 Å². The van der Waals surface area contributed by atoms with Gasteiger partial charge in [0.1, 0.15) is 0 Å². The van der Waals surface area contributed by atoms with Crippen LogP contribution >= 0.6 is 23.5 Å². The summed E-state index contributed by atoms with van der Waals surface area (Å²) in [7, 11) is -13.9. The molecule has 16 heavy (non-hydrogen) atoms. The smallest absolute Gasteiger partial charge is 1.00 e. The molecule has 0 saturated carbocycles. The van der Waals surface area contributed by atoms with Crippen molar-refractivity contribution in [1.29, 1.82) is 0 Å². The zero-order valence-corrected chi connectivity index (χ0v) is 12.2. The Morgan fingerprint density at radius 2 is 0.500 bits per heavy atom. The molecule has 0 atom stereocenters. The third-order valence-electron chi connectivity index (χ3n) is 0. The molecule has 12 nitrogen and oxygen atoms in total. The third-order valence-corrected chi connectivity index (χ3v) is 0. The van der Waals surface area contributed by atoms with Crippen LogP contribution in [0.15, 0.2) is 0 Å². The van der Waals surface area contributed by atoms with E-state index >= 15 is 0 Å². The van der Waals surface area contributed by atoms with Crippen molar-refractivity contribution in [3.63, 3.8) is 0 Å². The molecule has 0 aliphatic carbocycles. The van der Waals surface area contributed by atoms with E-state index in [2.05, 4.69) is 0 Å². The molecule has 0 aromatic carbocycles. The van der Waals surface area contributed by atoms with Gasteiger partial charge in [0.05, 0.1) is 0 Å². The number of hydrogen-bond acceptors (Lipinski definition) is 3. The van der Waals surface area contributed by atoms with Crippen molar-refractivity contribution in [1.82, 2.24) is 0 Å². The summed E-state index contributed by atoms with van der Waals surface area (Å²) < 4.78 is 26.6. The van der Waals surface area contributed by atoms with E-state index < -0.39 is 23.5 Å². The van der Waals surface area contributed by atoms with Crippen LogP contribution in [-0.2, 0) is 13.7 Å². The van der Waals surface area contributed by atoms with E-state index in [9.17, 15) is 0 Å².